The Morgan fingerprint density at radius 2 is 2.05 bits per heavy atom. The summed E-state index contributed by atoms with van der Waals surface area (Å²) in [7, 11) is 0. The van der Waals surface area contributed by atoms with Gasteiger partial charge in [0.05, 0.1) is 0 Å². The van der Waals surface area contributed by atoms with Crippen molar-refractivity contribution in [2.75, 3.05) is 0 Å². The van der Waals surface area contributed by atoms with E-state index in [1.807, 2.05) is 0 Å². The third-order valence-corrected chi connectivity index (χ3v) is 4.13. The van der Waals surface area contributed by atoms with Crippen LogP contribution in [0.5, 0.6) is 0 Å². The molecule has 0 bridgehead atoms. The van der Waals surface area contributed by atoms with Crippen LogP contribution in [0.15, 0.2) is 28.7 Å². The predicted octanol–water partition coefficient (Wildman–Crippen LogP) is 3.81. The summed E-state index contributed by atoms with van der Waals surface area (Å²) in [6.45, 7) is 0. The second-order valence-corrected chi connectivity index (χ2v) is 5.79. The number of fused-ring (bicyclic) bond motifs is 1. The predicted molar refractivity (Wildman–Crippen MR) is 75.1 cm³/mol. The summed E-state index contributed by atoms with van der Waals surface area (Å²) in [6, 6.07) is 6.27. The number of hydrogen-bond acceptors (Lipinski definition) is 3. The minimum Gasteiger partial charge on any atom is -0.450 e. The summed E-state index contributed by atoms with van der Waals surface area (Å²) in [4.78, 5) is 12.3. The Hall–Kier alpha value is -1.68. The summed E-state index contributed by atoms with van der Waals surface area (Å²) in [5, 5.41) is 0.614. The molecule has 3 nitrogen and oxygen atoms in total. The van der Waals surface area contributed by atoms with Crippen LogP contribution < -0.4 is 5.73 Å². The Morgan fingerprint density at radius 1 is 1.30 bits per heavy atom. The van der Waals surface area contributed by atoms with E-state index in [1.165, 1.54) is 12.5 Å². The van der Waals surface area contributed by atoms with Crippen molar-refractivity contribution in [2.45, 2.75) is 44.1 Å². The maximum absolute atomic E-state index is 13.6. The molecule has 106 valence electrons. The Labute approximate surface area is 116 Å². The highest BCUT2D eigenvalue weighted by molar-refractivity contribution is 5.98. The monoisotopic (exact) mass is 275 g/mol. The molecule has 2 N–H and O–H groups in total. The van der Waals surface area contributed by atoms with Crippen molar-refractivity contribution in [1.82, 2.24) is 0 Å². The van der Waals surface area contributed by atoms with Crippen LogP contribution in [-0.2, 0) is 0 Å². The third kappa shape index (κ3) is 2.48. The molecule has 0 amide bonds. The number of benzene rings is 1. The molecule has 1 heterocycles. The zero-order chi connectivity index (χ0) is 14.2. The Morgan fingerprint density at radius 3 is 2.75 bits per heavy atom. The second-order valence-electron chi connectivity index (χ2n) is 5.79. The van der Waals surface area contributed by atoms with Crippen molar-refractivity contribution >= 4 is 16.8 Å². The highest BCUT2D eigenvalue weighted by Crippen LogP contribution is 2.31. The second kappa shape index (κ2) is 5.02. The zero-order valence-electron chi connectivity index (χ0n) is 11.3. The van der Waals surface area contributed by atoms with Crippen LogP contribution in [0.3, 0.4) is 0 Å². The van der Waals surface area contributed by atoms with Gasteiger partial charge in [-0.15, -0.1) is 0 Å². The van der Waals surface area contributed by atoms with E-state index in [2.05, 4.69) is 0 Å². The topological polar surface area (TPSA) is 56.2 Å². The molecular formula is C16H18FNO2. The molecule has 1 fully saturated rings. The number of carbonyl (C=O) groups excluding carboxylic acids is 1. The van der Waals surface area contributed by atoms with E-state index in [1.54, 1.807) is 18.2 Å². The molecule has 0 aliphatic heterocycles. The summed E-state index contributed by atoms with van der Waals surface area (Å²) in [5.74, 6) is -0.368. The lowest BCUT2D eigenvalue weighted by Gasteiger charge is -2.32. The first-order valence-corrected chi connectivity index (χ1v) is 7.08. The molecule has 0 unspecified atom stereocenters. The maximum atomic E-state index is 13.6. The van der Waals surface area contributed by atoms with E-state index in [-0.39, 0.29) is 23.5 Å². The molecule has 0 spiro atoms. The Balaban J connectivity index is 1.83. The van der Waals surface area contributed by atoms with Gasteiger partial charge in [0.1, 0.15) is 0 Å². The first-order chi connectivity index (χ1) is 9.57. The molecule has 0 saturated heterocycles. The molecule has 1 aliphatic rings. The zero-order valence-corrected chi connectivity index (χ0v) is 11.3. The largest absolute Gasteiger partial charge is 0.450 e. The first kappa shape index (κ1) is 13.3. The van der Waals surface area contributed by atoms with Crippen molar-refractivity contribution in [3.63, 3.8) is 0 Å². The summed E-state index contributed by atoms with van der Waals surface area (Å²) >= 11 is 0. The lowest BCUT2D eigenvalue weighted by Crippen LogP contribution is -2.43. The molecule has 4 heteroatoms. The molecule has 0 radical (unpaired) electrons. The van der Waals surface area contributed by atoms with Gasteiger partial charge >= 0.3 is 0 Å². The average molecular weight is 275 g/mol. The highest BCUT2D eigenvalue weighted by atomic mass is 19.1. The minimum absolute atomic E-state index is 0.134. The van der Waals surface area contributed by atoms with E-state index >= 15 is 0 Å². The van der Waals surface area contributed by atoms with Gasteiger partial charge in [0, 0.05) is 17.3 Å². The van der Waals surface area contributed by atoms with Crippen molar-refractivity contribution < 1.29 is 13.6 Å². The van der Waals surface area contributed by atoms with Gasteiger partial charge in [-0.3, -0.25) is 4.79 Å². The molecule has 2 aromatic rings. The van der Waals surface area contributed by atoms with Crippen molar-refractivity contribution in [2.24, 2.45) is 5.73 Å². The normalized spacial score (nSPS) is 18.3. The van der Waals surface area contributed by atoms with Gasteiger partial charge in [-0.05, 0) is 25.0 Å². The van der Waals surface area contributed by atoms with Gasteiger partial charge in [-0.25, -0.2) is 4.39 Å². The number of carbonyl (C=O) groups is 1. The number of Topliss-reactive ketones (excluding diaryl/α,β-unsaturated/α-hetero) is 1. The lowest BCUT2D eigenvalue weighted by atomic mass is 9.79. The number of para-hydroxylation sites is 1. The van der Waals surface area contributed by atoms with Crippen LogP contribution in [0, 0.1) is 5.82 Å². The fourth-order valence-electron chi connectivity index (χ4n) is 3.00. The van der Waals surface area contributed by atoms with Crippen molar-refractivity contribution in [1.29, 1.82) is 0 Å². The number of rotatable bonds is 3. The fourth-order valence-corrected chi connectivity index (χ4v) is 3.00. The number of hydrogen-bond donors (Lipinski definition) is 1. The molecule has 1 saturated carbocycles. The van der Waals surface area contributed by atoms with E-state index in [4.69, 9.17) is 10.2 Å². The van der Waals surface area contributed by atoms with Gasteiger partial charge in [0.25, 0.3) is 0 Å². The molecule has 0 atom stereocenters. The average Bonchev–Trinajstić information content (AvgIpc) is 2.85. The van der Waals surface area contributed by atoms with Gasteiger partial charge in [-0.1, -0.05) is 31.4 Å². The van der Waals surface area contributed by atoms with Gasteiger partial charge < -0.3 is 10.2 Å². The molecule has 1 aromatic carbocycles. The highest BCUT2D eigenvalue weighted by Gasteiger charge is 2.31. The van der Waals surface area contributed by atoms with E-state index < -0.39 is 11.4 Å². The maximum Gasteiger partial charge on any atom is 0.199 e. The molecule has 1 aliphatic carbocycles. The third-order valence-electron chi connectivity index (χ3n) is 4.13. The van der Waals surface area contributed by atoms with E-state index in [0.717, 1.165) is 25.7 Å². The van der Waals surface area contributed by atoms with Gasteiger partial charge in [0.2, 0.25) is 0 Å². The number of halogens is 1. The van der Waals surface area contributed by atoms with Crippen LogP contribution in [0.1, 0.15) is 49.1 Å². The van der Waals surface area contributed by atoms with Crippen LogP contribution in [0.2, 0.25) is 0 Å². The SMILES string of the molecule is NC1(CC(=O)c2cc3cccc(F)c3o2)CCCCC1. The summed E-state index contributed by atoms with van der Waals surface area (Å²) in [5.41, 5.74) is 6.01. The molecular weight excluding hydrogens is 257 g/mol. The molecule has 3 rings (SSSR count). The quantitative estimate of drug-likeness (QED) is 0.867. The minimum atomic E-state index is -0.443. The lowest BCUT2D eigenvalue weighted by molar-refractivity contribution is 0.0909. The summed E-state index contributed by atoms with van der Waals surface area (Å²) in [6.07, 6.45) is 5.33. The van der Waals surface area contributed by atoms with Crippen LogP contribution in [-0.4, -0.2) is 11.3 Å². The standard InChI is InChI=1S/C16H18FNO2/c17-12-6-4-5-11-9-14(20-15(11)12)13(19)10-16(18)7-2-1-3-8-16/h4-6,9H,1-3,7-8,10,18H2. The van der Waals surface area contributed by atoms with Crippen LogP contribution in [0.4, 0.5) is 4.39 Å². The van der Waals surface area contributed by atoms with Crippen molar-refractivity contribution in [3.05, 3.63) is 35.8 Å². The smallest absolute Gasteiger partial charge is 0.199 e. The van der Waals surface area contributed by atoms with Crippen LogP contribution in [0.25, 0.3) is 11.0 Å². The van der Waals surface area contributed by atoms with Crippen molar-refractivity contribution in [3.8, 4) is 0 Å². The number of ketones is 1. The van der Waals surface area contributed by atoms with Gasteiger partial charge in [0.15, 0.2) is 22.9 Å². The first-order valence-electron chi connectivity index (χ1n) is 7.08. The fraction of sp³-hybridized carbons (Fsp3) is 0.438. The van der Waals surface area contributed by atoms with E-state index in [9.17, 15) is 9.18 Å². The Bertz CT molecular complexity index is 641. The van der Waals surface area contributed by atoms with Gasteiger partial charge in [-0.2, -0.15) is 0 Å². The molecule has 20 heavy (non-hydrogen) atoms. The van der Waals surface area contributed by atoms with E-state index in [0.29, 0.717) is 5.39 Å². The number of furan rings is 1. The Kier molecular flexibility index (Phi) is 3.34. The number of nitrogens with two attached hydrogens (primary N) is 1. The van der Waals surface area contributed by atoms with Crippen LogP contribution >= 0.6 is 0 Å². The molecule has 1 aromatic heterocycles. The summed E-state index contributed by atoms with van der Waals surface area (Å²) < 4.78 is 18.9.